The van der Waals surface area contributed by atoms with E-state index in [2.05, 4.69) is 17.6 Å². The molecule has 1 N–H and O–H groups in total. The van der Waals surface area contributed by atoms with Gasteiger partial charge in [0, 0.05) is 5.57 Å². The fraction of sp³-hybridized carbons (Fsp3) is 0.0556. The average molecular weight is 322 g/mol. The zero-order valence-corrected chi connectivity index (χ0v) is 13.3. The first-order valence-corrected chi connectivity index (χ1v) is 7.58. The smallest absolute Gasteiger partial charge is 0.347 e. The first-order valence-electron chi connectivity index (χ1n) is 6.77. The molecule has 0 radical (unpaired) electrons. The Hall–Kier alpha value is -2.97. The lowest BCUT2D eigenvalue weighted by atomic mass is 10.0. The first kappa shape index (κ1) is 16.4. The van der Waals surface area contributed by atoms with Crippen LogP contribution in [0.5, 0.6) is 0 Å². The van der Waals surface area contributed by atoms with Gasteiger partial charge in [-0.1, -0.05) is 43.0 Å². The molecular formula is C18H14N2O2S. The third kappa shape index (κ3) is 3.82. The largest absolute Gasteiger partial charge is 0.477 e. The van der Waals surface area contributed by atoms with Crippen molar-refractivity contribution in [3.05, 3.63) is 76.3 Å². The number of benzene rings is 1. The van der Waals surface area contributed by atoms with Gasteiger partial charge >= 0.3 is 5.97 Å². The van der Waals surface area contributed by atoms with Crippen molar-refractivity contribution in [1.29, 1.82) is 5.26 Å². The topological polar surface area (TPSA) is 74.0 Å². The van der Waals surface area contributed by atoms with Gasteiger partial charge in [0.25, 0.3) is 0 Å². The van der Waals surface area contributed by atoms with Crippen LogP contribution in [0, 0.1) is 11.3 Å². The number of carboxylic acids is 1. The summed E-state index contributed by atoms with van der Waals surface area (Å²) in [6.45, 7) is 5.60. The highest BCUT2D eigenvalue weighted by atomic mass is 32.1. The summed E-state index contributed by atoms with van der Waals surface area (Å²) in [5, 5.41) is 18.9. The van der Waals surface area contributed by atoms with Crippen LogP contribution in [0.1, 0.15) is 27.2 Å². The third-order valence-electron chi connectivity index (χ3n) is 3.21. The molecular weight excluding hydrogens is 308 g/mol. The Balaban J connectivity index is 2.48. The fourth-order valence-corrected chi connectivity index (χ4v) is 2.70. The van der Waals surface area contributed by atoms with Crippen LogP contribution in [0.2, 0.25) is 0 Å². The molecule has 0 unspecified atom stereocenters. The number of allylic oxidation sites excluding steroid dienone is 5. The second-order valence-corrected chi connectivity index (χ2v) is 5.69. The van der Waals surface area contributed by atoms with Crippen molar-refractivity contribution in [2.75, 3.05) is 0 Å². The van der Waals surface area contributed by atoms with Crippen molar-refractivity contribution >= 4 is 28.5 Å². The number of carbonyl (C=O) groups is 1. The number of nitriles is 1. The molecule has 0 atom stereocenters. The number of rotatable bonds is 5. The quantitative estimate of drug-likeness (QED) is 0.653. The van der Waals surface area contributed by atoms with Crippen LogP contribution < -0.4 is 0 Å². The molecule has 1 heterocycles. The Labute approximate surface area is 138 Å². The van der Waals surface area contributed by atoms with Crippen molar-refractivity contribution in [2.24, 2.45) is 0 Å². The van der Waals surface area contributed by atoms with Gasteiger partial charge in [-0.15, -0.1) is 11.3 Å². The Morgan fingerprint density at radius 1 is 1.39 bits per heavy atom. The molecule has 0 aliphatic heterocycles. The molecule has 0 spiro atoms. The van der Waals surface area contributed by atoms with Crippen LogP contribution in [0.3, 0.4) is 0 Å². The highest BCUT2D eigenvalue weighted by Crippen LogP contribution is 2.26. The molecule has 0 aliphatic carbocycles. The van der Waals surface area contributed by atoms with E-state index in [9.17, 15) is 10.1 Å². The summed E-state index contributed by atoms with van der Waals surface area (Å²) in [6.07, 6.45) is 4.55. The van der Waals surface area contributed by atoms with Gasteiger partial charge in [-0.05, 0) is 24.1 Å². The highest BCUT2D eigenvalue weighted by molar-refractivity contribution is 7.14. The Morgan fingerprint density at radius 3 is 2.61 bits per heavy atom. The van der Waals surface area contributed by atoms with E-state index >= 15 is 0 Å². The molecule has 2 aromatic rings. The van der Waals surface area contributed by atoms with Gasteiger partial charge in [0.15, 0.2) is 0 Å². The minimum atomic E-state index is -1.02. The molecule has 0 saturated carbocycles. The molecule has 0 saturated heterocycles. The molecule has 0 fully saturated rings. The van der Waals surface area contributed by atoms with E-state index in [1.807, 2.05) is 37.3 Å². The second-order valence-electron chi connectivity index (χ2n) is 4.66. The van der Waals surface area contributed by atoms with Gasteiger partial charge in [-0.3, -0.25) is 0 Å². The molecule has 0 aliphatic rings. The van der Waals surface area contributed by atoms with Gasteiger partial charge in [-0.25, -0.2) is 9.78 Å². The van der Waals surface area contributed by atoms with Gasteiger partial charge < -0.3 is 5.11 Å². The lowest BCUT2D eigenvalue weighted by molar-refractivity contribution is 0.0702. The monoisotopic (exact) mass is 322 g/mol. The molecule has 2 rings (SSSR count). The van der Waals surface area contributed by atoms with E-state index < -0.39 is 5.97 Å². The molecule has 4 nitrogen and oxygen atoms in total. The predicted molar refractivity (Wildman–Crippen MR) is 91.9 cm³/mol. The summed E-state index contributed by atoms with van der Waals surface area (Å²) < 4.78 is 0. The molecule has 0 amide bonds. The standard InChI is InChI=1S/C18H14N2O2S/c1-3-13(17-20-11-16(23-17)18(21)22)9-15(10-19)12(2)14-7-5-4-6-8-14/h3-9,11H,1H2,2H3,(H,21,22)/b13-9+,15-12-. The SMILES string of the molecule is C=C/C(=C\C(C#N)=C(/C)c1ccccc1)c1ncc(C(=O)O)s1. The predicted octanol–water partition coefficient (Wildman–Crippen LogP) is 4.41. The van der Waals surface area contributed by atoms with Crippen molar-refractivity contribution in [3.63, 3.8) is 0 Å². The number of thiazole rings is 1. The normalized spacial score (nSPS) is 12.3. The van der Waals surface area contributed by atoms with Crippen LogP contribution in [0.25, 0.3) is 11.1 Å². The molecule has 1 aromatic heterocycles. The fourth-order valence-electron chi connectivity index (χ4n) is 1.94. The minimum Gasteiger partial charge on any atom is -0.477 e. The minimum absolute atomic E-state index is 0.148. The average Bonchev–Trinajstić information content (AvgIpc) is 3.06. The summed E-state index contributed by atoms with van der Waals surface area (Å²) in [5.74, 6) is -1.02. The number of aromatic nitrogens is 1. The van der Waals surface area contributed by atoms with Gasteiger partial charge in [0.2, 0.25) is 0 Å². The van der Waals surface area contributed by atoms with E-state index in [1.54, 1.807) is 12.2 Å². The van der Waals surface area contributed by atoms with E-state index in [0.717, 1.165) is 22.5 Å². The number of hydrogen-bond acceptors (Lipinski definition) is 4. The Morgan fingerprint density at radius 2 is 2.09 bits per heavy atom. The zero-order valence-electron chi connectivity index (χ0n) is 12.5. The number of carboxylic acid groups (broad SMARTS) is 1. The van der Waals surface area contributed by atoms with E-state index in [-0.39, 0.29) is 4.88 Å². The number of hydrogen-bond donors (Lipinski definition) is 1. The lowest BCUT2D eigenvalue weighted by Gasteiger charge is -2.04. The van der Waals surface area contributed by atoms with Crippen molar-refractivity contribution < 1.29 is 9.90 Å². The van der Waals surface area contributed by atoms with Crippen LogP contribution >= 0.6 is 11.3 Å². The summed E-state index contributed by atoms with van der Waals surface area (Å²) in [5.41, 5.74) is 2.89. The highest BCUT2D eigenvalue weighted by Gasteiger charge is 2.11. The number of aromatic carboxylic acids is 1. The maximum atomic E-state index is 11.0. The lowest BCUT2D eigenvalue weighted by Crippen LogP contribution is -1.89. The van der Waals surface area contributed by atoms with Crippen molar-refractivity contribution in [1.82, 2.24) is 4.98 Å². The molecule has 5 heteroatoms. The van der Waals surface area contributed by atoms with Crippen LogP contribution in [-0.2, 0) is 0 Å². The molecule has 1 aromatic carbocycles. The summed E-state index contributed by atoms with van der Waals surface area (Å²) in [4.78, 5) is 15.2. The zero-order chi connectivity index (χ0) is 16.8. The molecule has 23 heavy (non-hydrogen) atoms. The first-order chi connectivity index (χ1) is 11.1. The van der Waals surface area contributed by atoms with Crippen LogP contribution in [-0.4, -0.2) is 16.1 Å². The van der Waals surface area contributed by atoms with Crippen LogP contribution in [0.4, 0.5) is 0 Å². The maximum absolute atomic E-state index is 11.0. The maximum Gasteiger partial charge on any atom is 0.347 e. The summed E-state index contributed by atoms with van der Waals surface area (Å²) >= 11 is 1.05. The van der Waals surface area contributed by atoms with Gasteiger partial charge in [-0.2, -0.15) is 5.26 Å². The Bertz CT molecular complexity index is 839. The van der Waals surface area contributed by atoms with Crippen molar-refractivity contribution in [2.45, 2.75) is 6.92 Å². The van der Waals surface area contributed by atoms with E-state index in [1.165, 1.54) is 6.20 Å². The Kier molecular flexibility index (Phi) is 5.23. The molecule has 114 valence electrons. The summed E-state index contributed by atoms with van der Waals surface area (Å²) in [6, 6.07) is 11.8. The second kappa shape index (κ2) is 7.34. The van der Waals surface area contributed by atoms with Gasteiger partial charge in [0.1, 0.15) is 9.88 Å². The van der Waals surface area contributed by atoms with E-state index in [0.29, 0.717) is 16.2 Å². The van der Waals surface area contributed by atoms with E-state index in [4.69, 9.17) is 5.11 Å². The van der Waals surface area contributed by atoms with Gasteiger partial charge in [0.05, 0.1) is 17.8 Å². The summed E-state index contributed by atoms with van der Waals surface area (Å²) in [7, 11) is 0. The van der Waals surface area contributed by atoms with Crippen molar-refractivity contribution in [3.8, 4) is 6.07 Å². The third-order valence-corrected chi connectivity index (χ3v) is 4.25. The molecule has 0 bridgehead atoms. The van der Waals surface area contributed by atoms with Crippen LogP contribution in [0.15, 0.2) is 60.8 Å². The number of nitrogens with zero attached hydrogens (tertiary/aromatic N) is 2.